The van der Waals surface area contributed by atoms with Gasteiger partial charge in [-0.25, -0.2) is 0 Å². The minimum Gasteiger partial charge on any atom is -0.325 e. The number of carbonyl (C=O) groups excluding carboxylic acids is 2. The Kier molecular flexibility index (Phi) is 5.53. The standard InChI is InChI=1S/C20H23ClN2O2/c1-12-8-13(2)10-16(9-12)22-18(24)20(4,5)19(25)23-17-7-6-15(21)11-14(17)3/h6-11H,1-5H3,(H,22,24)(H,23,25). The molecule has 0 saturated heterocycles. The van der Waals surface area contributed by atoms with Crippen molar-refractivity contribution >= 4 is 34.8 Å². The Morgan fingerprint density at radius 3 is 2.00 bits per heavy atom. The lowest BCUT2D eigenvalue weighted by molar-refractivity contribution is -0.135. The molecule has 0 radical (unpaired) electrons. The molecule has 2 N–H and O–H groups in total. The number of anilines is 2. The van der Waals surface area contributed by atoms with Gasteiger partial charge < -0.3 is 10.6 Å². The van der Waals surface area contributed by atoms with Gasteiger partial charge in [-0.3, -0.25) is 9.59 Å². The molecule has 2 aromatic rings. The molecule has 0 aliphatic heterocycles. The Morgan fingerprint density at radius 2 is 1.44 bits per heavy atom. The van der Waals surface area contributed by atoms with E-state index in [-0.39, 0.29) is 11.8 Å². The van der Waals surface area contributed by atoms with Crippen molar-refractivity contribution in [2.75, 3.05) is 10.6 Å². The second kappa shape index (κ2) is 7.28. The molecule has 0 atom stereocenters. The molecule has 0 aromatic heterocycles. The van der Waals surface area contributed by atoms with Crippen molar-refractivity contribution in [2.45, 2.75) is 34.6 Å². The zero-order valence-electron chi connectivity index (χ0n) is 15.2. The summed E-state index contributed by atoms with van der Waals surface area (Å²) >= 11 is 5.93. The van der Waals surface area contributed by atoms with Gasteiger partial charge in [-0.2, -0.15) is 0 Å². The summed E-state index contributed by atoms with van der Waals surface area (Å²) in [7, 11) is 0. The van der Waals surface area contributed by atoms with E-state index >= 15 is 0 Å². The number of halogens is 1. The summed E-state index contributed by atoms with van der Waals surface area (Å²) in [6.45, 7) is 8.98. The molecule has 0 spiro atoms. The van der Waals surface area contributed by atoms with Gasteiger partial charge >= 0.3 is 0 Å². The summed E-state index contributed by atoms with van der Waals surface area (Å²) in [4.78, 5) is 25.3. The number of hydrogen-bond acceptors (Lipinski definition) is 2. The summed E-state index contributed by atoms with van der Waals surface area (Å²) in [5.74, 6) is -0.735. The van der Waals surface area contributed by atoms with Gasteiger partial charge in [-0.1, -0.05) is 17.7 Å². The molecule has 0 heterocycles. The average molecular weight is 359 g/mol. The first-order chi connectivity index (χ1) is 11.6. The molecule has 5 heteroatoms. The number of hydrogen-bond donors (Lipinski definition) is 2. The highest BCUT2D eigenvalue weighted by Gasteiger charge is 2.36. The van der Waals surface area contributed by atoms with Gasteiger partial charge in [-0.15, -0.1) is 0 Å². The molecule has 0 aliphatic carbocycles. The van der Waals surface area contributed by atoms with Crippen LogP contribution in [0.4, 0.5) is 11.4 Å². The molecule has 2 amide bonds. The van der Waals surface area contributed by atoms with E-state index in [2.05, 4.69) is 10.6 Å². The number of benzene rings is 2. The Balaban J connectivity index is 2.15. The van der Waals surface area contributed by atoms with E-state index in [0.29, 0.717) is 16.4 Å². The molecule has 4 nitrogen and oxygen atoms in total. The van der Waals surface area contributed by atoms with Crippen LogP contribution in [0.15, 0.2) is 36.4 Å². The van der Waals surface area contributed by atoms with E-state index in [1.54, 1.807) is 32.0 Å². The fourth-order valence-electron chi connectivity index (χ4n) is 2.48. The van der Waals surface area contributed by atoms with Crippen LogP contribution in [0.3, 0.4) is 0 Å². The normalized spacial score (nSPS) is 11.1. The Bertz CT molecular complexity index is 808. The first-order valence-electron chi connectivity index (χ1n) is 8.07. The Labute approximate surface area is 153 Å². The van der Waals surface area contributed by atoms with Crippen LogP contribution < -0.4 is 10.6 Å². The maximum atomic E-state index is 12.6. The van der Waals surface area contributed by atoms with Crippen molar-refractivity contribution in [3.8, 4) is 0 Å². The molecule has 0 bridgehead atoms. The number of amides is 2. The minimum atomic E-state index is -1.23. The predicted octanol–water partition coefficient (Wildman–Crippen LogP) is 4.87. The third-order valence-electron chi connectivity index (χ3n) is 4.05. The monoisotopic (exact) mass is 358 g/mol. The molecular weight excluding hydrogens is 336 g/mol. The average Bonchev–Trinajstić information content (AvgIpc) is 2.48. The molecule has 0 fully saturated rings. The summed E-state index contributed by atoms with van der Waals surface area (Å²) < 4.78 is 0. The van der Waals surface area contributed by atoms with E-state index in [0.717, 1.165) is 16.7 Å². The molecular formula is C20H23ClN2O2. The van der Waals surface area contributed by atoms with Crippen LogP contribution in [0.5, 0.6) is 0 Å². The third-order valence-corrected chi connectivity index (χ3v) is 4.29. The van der Waals surface area contributed by atoms with E-state index < -0.39 is 5.41 Å². The van der Waals surface area contributed by atoms with Crippen molar-refractivity contribution in [1.29, 1.82) is 0 Å². The largest absolute Gasteiger partial charge is 0.325 e. The van der Waals surface area contributed by atoms with Gasteiger partial charge in [0, 0.05) is 16.4 Å². The zero-order valence-corrected chi connectivity index (χ0v) is 15.9. The maximum absolute atomic E-state index is 12.6. The highest BCUT2D eigenvalue weighted by Crippen LogP contribution is 2.25. The Morgan fingerprint density at radius 1 is 0.880 bits per heavy atom. The molecule has 2 aromatic carbocycles. The van der Waals surface area contributed by atoms with Gasteiger partial charge in [-0.05, 0) is 81.6 Å². The van der Waals surface area contributed by atoms with Crippen LogP contribution in [0, 0.1) is 26.2 Å². The summed E-state index contributed by atoms with van der Waals surface area (Å²) in [6.07, 6.45) is 0. The molecule has 0 unspecified atom stereocenters. The summed E-state index contributed by atoms with van der Waals surface area (Å²) in [6, 6.07) is 11.0. The zero-order chi connectivity index (χ0) is 18.8. The van der Waals surface area contributed by atoms with Gasteiger partial charge in [0.1, 0.15) is 5.41 Å². The fraction of sp³-hybridized carbons (Fsp3) is 0.300. The SMILES string of the molecule is Cc1cc(C)cc(NC(=O)C(C)(C)C(=O)Nc2ccc(Cl)cc2C)c1. The molecule has 2 rings (SSSR count). The highest BCUT2D eigenvalue weighted by molar-refractivity contribution is 6.30. The quantitative estimate of drug-likeness (QED) is 0.766. The van der Waals surface area contributed by atoms with Gasteiger partial charge in [0.2, 0.25) is 11.8 Å². The first kappa shape index (κ1) is 19.0. The van der Waals surface area contributed by atoms with E-state index in [4.69, 9.17) is 11.6 Å². The van der Waals surface area contributed by atoms with Crippen molar-refractivity contribution < 1.29 is 9.59 Å². The van der Waals surface area contributed by atoms with Gasteiger partial charge in [0.25, 0.3) is 0 Å². The maximum Gasteiger partial charge on any atom is 0.239 e. The smallest absolute Gasteiger partial charge is 0.239 e. The van der Waals surface area contributed by atoms with Crippen molar-refractivity contribution in [3.05, 3.63) is 58.1 Å². The lowest BCUT2D eigenvalue weighted by Crippen LogP contribution is -2.41. The van der Waals surface area contributed by atoms with E-state index in [9.17, 15) is 9.59 Å². The number of nitrogens with one attached hydrogen (secondary N) is 2. The fourth-order valence-corrected chi connectivity index (χ4v) is 2.71. The molecule has 0 aliphatic rings. The third kappa shape index (κ3) is 4.60. The van der Waals surface area contributed by atoms with Crippen LogP contribution in [0.25, 0.3) is 0 Å². The van der Waals surface area contributed by atoms with Crippen LogP contribution in [-0.4, -0.2) is 11.8 Å². The number of carbonyl (C=O) groups is 2. The molecule has 25 heavy (non-hydrogen) atoms. The second-order valence-electron chi connectivity index (χ2n) is 6.87. The van der Waals surface area contributed by atoms with Gasteiger partial charge in [0.05, 0.1) is 0 Å². The minimum absolute atomic E-state index is 0.360. The topological polar surface area (TPSA) is 58.2 Å². The lowest BCUT2D eigenvalue weighted by Gasteiger charge is -2.23. The van der Waals surface area contributed by atoms with E-state index in [1.807, 2.05) is 39.0 Å². The molecule has 0 saturated carbocycles. The van der Waals surface area contributed by atoms with Crippen LogP contribution in [0.1, 0.15) is 30.5 Å². The summed E-state index contributed by atoms with van der Waals surface area (Å²) in [5, 5.41) is 6.24. The van der Waals surface area contributed by atoms with Crippen LogP contribution in [-0.2, 0) is 9.59 Å². The van der Waals surface area contributed by atoms with Crippen molar-refractivity contribution in [1.82, 2.24) is 0 Å². The van der Waals surface area contributed by atoms with Crippen LogP contribution in [0.2, 0.25) is 5.02 Å². The van der Waals surface area contributed by atoms with Crippen molar-refractivity contribution in [3.63, 3.8) is 0 Å². The first-order valence-corrected chi connectivity index (χ1v) is 8.45. The number of rotatable bonds is 4. The molecule has 132 valence electrons. The highest BCUT2D eigenvalue weighted by atomic mass is 35.5. The van der Waals surface area contributed by atoms with Crippen molar-refractivity contribution in [2.24, 2.45) is 5.41 Å². The second-order valence-corrected chi connectivity index (χ2v) is 7.31. The number of aryl methyl sites for hydroxylation is 3. The van der Waals surface area contributed by atoms with E-state index in [1.165, 1.54) is 0 Å². The predicted molar refractivity (Wildman–Crippen MR) is 103 cm³/mol. The Hall–Kier alpha value is -2.33. The summed E-state index contributed by atoms with van der Waals surface area (Å²) in [5.41, 5.74) is 3.03. The van der Waals surface area contributed by atoms with Gasteiger partial charge in [0.15, 0.2) is 0 Å². The van der Waals surface area contributed by atoms with Crippen LogP contribution >= 0.6 is 11.6 Å². The lowest BCUT2D eigenvalue weighted by atomic mass is 9.90.